The minimum absolute atomic E-state index is 0.0573. The number of nitrogens with one attached hydrogen (secondary N) is 3. The number of hydrogen-bond donors (Lipinski definition) is 4. The van der Waals surface area contributed by atoms with Crippen molar-refractivity contribution in [1.82, 2.24) is 19.9 Å². The van der Waals surface area contributed by atoms with Gasteiger partial charge in [-0.2, -0.15) is 4.98 Å². The number of amides is 1. The molecule has 4 N–H and O–H groups in total. The maximum Gasteiger partial charge on any atom is 0.262 e. The van der Waals surface area contributed by atoms with Crippen molar-refractivity contribution in [2.24, 2.45) is 7.05 Å². The molecule has 0 bridgehead atoms. The molecule has 0 spiro atoms. The van der Waals surface area contributed by atoms with Crippen LogP contribution in [0.3, 0.4) is 0 Å². The predicted molar refractivity (Wildman–Crippen MR) is 129 cm³/mol. The molecule has 2 aromatic carbocycles. The van der Waals surface area contributed by atoms with Gasteiger partial charge in [-0.05, 0) is 30.2 Å². The second-order valence-electron chi connectivity index (χ2n) is 7.90. The Morgan fingerprint density at radius 2 is 1.97 bits per heavy atom. The topological polar surface area (TPSA) is 112 Å². The molecule has 0 aliphatic carbocycles. The van der Waals surface area contributed by atoms with Crippen LogP contribution < -0.4 is 16.2 Å². The van der Waals surface area contributed by atoms with Gasteiger partial charge < -0.3 is 20.7 Å². The molecule has 9 heteroatoms. The lowest BCUT2D eigenvalue weighted by atomic mass is 9.95. The molecule has 4 aromatic rings. The summed E-state index contributed by atoms with van der Waals surface area (Å²) in [5, 5.41) is 18.3. The number of aromatic amines is 1. The van der Waals surface area contributed by atoms with Gasteiger partial charge >= 0.3 is 0 Å². The Labute approximate surface area is 194 Å². The fraction of sp³-hybridized carbons (Fsp3) is 0.208. The van der Waals surface area contributed by atoms with Gasteiger partial charge in [-0.1, -0.05) is 48.2 Å². The molecule has 0 fully saturated rings. The van der Waals surface area contributed by atoms with E-state index in [1.54, 1.807) is 19.2 Å². The molecular formula is C24H23N5O3S. The van der Waals surface area contributed by atoms with E-state index >= 15 is 0 Å². The van der Waals surface area contributed by atoms with Gasteiger partial charge in [0.05, 0.1) is 11.8 Å². The third-order valence-electron chi connectivity index (χ3n) is 5.80. The number of H-pyrrole nitrogens is 1. The van der Waals surface area contributed by atoms with Gasteiger partial charge in [-0.25, -0.2) is 0 Å². The summed E-state index contributed by atoms with van der Waals surface area (Å²) in [6.07, 6.45) is 0.828. The van der Waals surface area contributed by atoms with Gasteiger partial charge in [0.2, 0.25) is 11.8 Å². The fourth-order valence-electron chi connectivity index (χ4n) is 4.25. The average molecular weight is 462 g/mol. The number of para-hydroxylation sites is 2. The van der Waals surface area contributed by atoms with E-state index in [1.807, 2.05) is 36.4 Å². The third-order valence-corrected chi connectivity index (χ3v) is 6.83. The molecule has 2 aromatic heterocycles. The van der Waals surface area contributed by atoms with E-state index in [1.165, 1.54) is 4.57 Å². The minimum Gasteiger partial charge on any atom is -0.493 e. The van der Waals surface area contributed by atoms with Crippen LogP contribution in [0.25, 0.3) is 10.9 Å². The van der Waals surface area contributed by atoms with Gasteiger partial charge in [0, 0.05) is 35.9 Å². The molecule has 168 valence electrons. The summed E-state index contributed by atoms with van der Waals surface area (Å²) >= 11 is 1.10. The minimum atomic E-state index is -0.493. The highest BCUT2D eigenvalue weighted by atomic mass is 32.2. The van der Waals surface area contributed by atoms with Crippen LogP contribution >= 0.6 is 11.8 Å². The summed E-state index contributed by atoms with van der Waals surface area (Å²) < 4.78 is 1.38. The summed E-state index contributed by atoms with van der Waals surface area (Å²) in [7, 11) is 1.60. The highest BCUT2D eigenvalue weighted by Crippen LogP contribution is 2.35. The molecule has 8 nitrogen and oxygen atoms in total. The largest absolute Gasteiger partial charge is 0.493 e. The first-order valence-electron chi connectivity index (χ1n) is 10.6. The Balaban J connectivity index is 1.42. The monoisotopic (exact) mass is 461 g/mol. The van der Waals surface area contributed by atoms with Crippen LogP contribution in [-0.4, -0.2) is 37.8 Å². The fourth-order valence-corrected chi connectivity index (χ4v) is 5.01. The zero-order valence-electron chi connectivity index (χ0n) is 18.0. The molecule has 33 heavy (non-hydrogen) atoms. The quantitative estimate of drug-likeness (QED) is 0.269. The number of carbonyl (C=O) groups is 1. The lowest BCUT2D eigenvalue weighted by Crippen LogP contribution is -2.36. The Kier molecular flexibility index (Phi) is 5.65. The highest BCUT2D eigenvalue weighted by molar-refractivity contribution is 7.99. The highest BCUT2D eigenvalue weighted by Gasteiger charge is 2.31. The summed E-state index contributed by atoms with van der Waals surface area (Å²) in [5.74, 6) is -0.490. The van der Waals surface area contributed by atoms with Crippen LogP contribution in [0.1, 0.15) is 22.9 Å². The lowest BCUT2D eigenvalue weighted by molar-refractivity contribution is -0.113. The van der Waals surface area contributed by atoms with Gasteiger partial charge in [0.1, 0.15) is 5.56 Å². The van der Waals surface area contributed by atoms with Gasteiger partial charge in [0.25, 0.3) is 5.56 Å². The second kappa shape index (κ2) is 8.76. The van der Waals surface area contributed by atoms with Crippen molar-refractivity contribution in [3.05, 3.63) is 81.8 Å². The van der Waals surface area contributed by atoms with Crippen molar-refractivity contribution in [3.8, 4) is 5.88 Å². The standard InChI is InChI=1S/C24H23N5O3S/c1-29-23(32)19(21-20-16(11-12-25-21)15-9-5-6-10-17(15)27-20)22(31)28-24(29)33-13-18(30)26-14-7-3-2-4-8-14/h2-10,21,25,27,31H,11-13H2,1H3,(H,26,30). The van der Waals surface area contributed by atoms with Gasteiger partial charge in [-0.15, -0.1) is 0 Å². The van der Waals surface area contributed by atoms with E-state index in [0.29, 0.717) is 12.2 Å². The molecular weight excluding hydrogens is 438 g/mol. The molecule has 1 atom stereocenters. The molecule has 5 rings (SSSR count). The van der Waals surface area contributed by atoms with Crippen molar-refractivity contribution in [3.63, 3.8) is 0 Å². The molecule has 1 aliphatic rings. The number of aromatic hydroxyl groups is 1. The number of nitrogens with zero attached hydrogens (tertiary/aromatic N) is 2. The third kappa shape index (κ3) is 4.01. The van der Waals surface area contributed by atoms with Crippen LogP contribution in [-0.2, 0) is 18.3 Å². The van der Waals surface area contributed by atoms with E-state index in [0.717, 1.165) is 40.3 Å². The van der Waals surface area contributed by atoms with Crippen molar-refractivity contribution >= 4 is 34.3 Å². The first kappa shape index (κ1) is 21.3. The van der Waals surface area contributed by atoms with Crippen molar-refractivity contribution in [2.45, 2.75) is 17.6 Å². The zero-order chi connectivity index (χ0) is 22.9. The Morgan fingerprint density at radius 1 is 1.21 bits per heavy atom. The lowest BCUT2D eigenvalue weighted by Gasteiger charge is -2.25. The van der Waals surface area contributed by atoms with Crippen molar-refractivity contribution < 1.29 is 9.90 Å². The number of hydrogen-bond acceptors (Lipinski definition) is 6. The number of carbonyl (C=O) groups excluding carboxylic acids is 1. The first-order valence-corrected chi connectivity index (χ1v) is 11.6. The number of benzene rings is 2. The smallest absolute Gasteiger partial charge is 0.262 e. The predicted octanol–water partition coefficient (Wildman–Crippen LogP) is 2.93. The van der Waals surface area contributed by atoms with E-state index in [4.69, 9.17) is 0 Å². The van der Waals surface area contributed by atoms with Crippen LogP contribution in [0.2, 0.25) is 0 Å². The Bertz CT molecular complexity index is 1400. The second-order valence-corrected chi connectivity index (χ2v) is 8.84. The maximum absolute atomic E-state index is 13.3. The number of aromatic nitrogens is 3. The Hall–Kier alpha value is -3.56. The van der Waals surface area contributed by atoms with E-state index in [2.05, 4.69) is 26.7 Å². The summed E-state index contributed by atoms with van der Waals surface area (Å²) in [4.78, 5) is 33.2. The SMILES string of the molecule is Cn1c(SCC(=O)Nc2ccccc2)nc(O)c(C2NCCc3c2[nH]c2ccccc32)c1=O. The van der Waals surface area contributed by atoms with Crippen LogP contribution in [0.5, 0.6) is 5.88 Å². The van der Waals surface area contributed by atoms with Crippen LogP contribution in [0.15, 0.2) is 64.5 Å². The average Bonchev–Trinajstić information content (AvgIpc) is 3.21. The van der Waals surface area contributed by atoms with Crippen LogP contribution in [0.4, 0.5) is 5.69 Å². The maximum atomic E-state index is 13.3. The van der Waals surface area contributed by atoms with Crippen molar-refractivity contribution in [1.29, 1.82) is 0 Å². The van der Waals surface area contributed by atoms with Crippen LogP contribution in [0, 0.1) is 0 Å². The molecule has 3 heterocycles. The van der Waals surface area contributed by atoms with E-state index < -0.39 is 6.04 Å². The summed E-state index contributed by atoms with van der Waals surface area (Å²) in [6, 6.07) is 16.7. The molecule has 1 amide bonds. The Morgan fingerprint density at radius 3 is 2.79 bits per heavy atom. The molecule has 0 saturated carbocycles. The number of anilines is 1. The summed E-state index contributed by atoms with van der Waals surface area (Å²) in [5.41, 5.74) is 3.56. The number of fused-ring (bicyclic) bond motifs is 3. The van der Waals surface area contributed by atoms with E-state index in [-0.39, 0.29) is 33.8 Å². The molecule has 0 saturated heterocycles. The number of rotatable bonds is 5. The molecule has 1 unspecified atom stereocenters. The zero-order valence-corrected chi connectivity index (χ0v) is 18.8. The van der Waals surface area contributed by atoms with Crippen molar-refractivity contribution in [2.75, 3.05) is 17.6 Å². The molecule has 1 aliphatic heterocycles. The van der Waals surface area contributed by atoms with Gasteiger partial charge in [-0.3, -0.25) is 14.2 Å². The summed E-state index contributed by atoms with van der Waals surface area (Å²) in [6.45, 7) is 0.679. The normalized spacial score (nSPS) is 15.4. The molecule has 0 radical (unpaired) electrons. The van der Waals surface area contributed by atoms with E-state index in [9.17, 15) is 14.7 Å². The first-order chi connectivity index (χ1) is 16.0. The van der Waals surface area contributed by atoms with Gasteiger partial charge in [0.15, 0.2) is 5.16 Å². The number of thioether (sulfide) groups is 1.